The maximum atomic E-state index is 5.90. The number of hydrogen-bond acceptors (Lipinski definition) is 3. The van der Waals surface area contributed by atoms with Crippen LogP contribution in [0.2, 0.25) is 0 Å². The molecule has 4 heteroatoms. The van der Waals surface area contributed by atoms with Gasteiger partial charge in [-0.1, -0.05) is 30.3 Å². The number of nitrogens with zero attached hydrogens (tertiary/aromatic N) is 2. The molecular formula is C17H17N3O. The number of benzene rings is 2. The van der Waals surface area contributed by atoms with E-state index in [0.717, 1.165) is 16.8 Å². The van der Waals surface area contributed by atoms with Crippen LogP contribution in [0.25, 0.3) is 16.8 Å². The van der Waals surface area contributed by atoms with Crippen molar-refractivity contribution in [1.82, 2.24) is 9.78 Å². The van der Waals surface area contributed by atoms with E-state index < -0.39 is 0 Å². The summed E-state index contributed by atoms with van der Waals surface area (Å²) in [5.74, 6) is 0.687. The van der Waals surface area contributed by atoms with Gasteiger partial charge in [0.05, 0.1) is 24.2 Å². The van der Waals surface area contributed by atoms with E-state index in [9.17, 15) is 0 Å². The monoisotopic (exact) mass is 279 g/mol. The average molecular weight is 279 g/mol. The van der Waals surface area contributed by atoms with Gasteiger partial charge in [0.2, 0.25) is 0 Å². The zero-order chi connectivity index (χ0) is 14.7. The molecule has 4 nitrogen and oxygen atoms in total. The molecule has 0 radical (unpaired) electrons. The van der Waals surface area contributed by atoms with Gasteiger partial charge in [-0.15, -0.1) is 0 Å². The Morgan fingerprint density at radius 3 is 2.67 bits per heavy atom. The molecule has 0 spiro atoms. The van der Waals surface area contributed by atoms with Crippen LogP contribution in [-0.2, 0) is 0 Å². The molecule has 1 heterocycles. The average Bonchev–Trinajstić information content (AvgIpc) is 3.00. The fourth-order valence-corrected chi connectivity index (χ4v) is 2.19. The quantitative estimate of drug-likeness (QED) is 0.743. The van der Waals surface area contributed by atoms with Crippen molar-refractivity contribution in [3.05, 3.63) is 60.9 Å². The number of rotatable bonds is 4. The minimum atomic E-state index is 0.585. The Balaban J connectivity index is 1.95. The first-order valence-corrected chi connectivity index (χ1v) is 6.90. The van der Waals surface area contributed by atoms with E-state index in [-0.39, 0.29) is 0 Å². The third-order valence-electron chi connectivity index (χ3n) is 3.25. The lowest BCUT2D eigenvalue weighted by molar-refractivity contribution is 0.342. The van der Waals surface area contributed by atoms with Crippen molar-refractivity contribution in [1.29, 1.82) is 0 Å². The van der Waals surface area contributed by atoms with Crippen LogP contribution >= 0.6 is 0 Å². The van der Waals surface area contributed by atoms with Gasteiger partial charge < -0.3 is 10.5 Å². The summed E-state index contributed by atoms with van der Waals surface area (Å²) in [5, 5.41) is 4.41. The van der Waals surface area contributed by atoms with Gasteiger partial charge >= 0.3 is 0 Å². The molecule has 0 fully saturated rings. The zero-order valence-electron chi connectivity index (χ0n) is 11.9. The van der Waals surface area contributed by atoms with Crippen molar-refractivity contribution < 1.29 is 4.74 Å². The molecule has 0 amide bonds. The van der Waals surface area contributed by atoms with Crippen molar-refractivity contribution in [2.24, 2.45) is 0 Å². The molecule has 0 aliphatic heterocycles. The molecule has 3 rings (SSSR count). The first-order chi connectivity index (χ1) is 10.3. The molecule has 3 aromatic rings. The topological polar surface area (TPSA) is 53.1 Å². The van der Waals surface area contributed by atoms with E-state index >= 15 is 0 Å². The lowest BCUT2D eigenvalue weighted by atomic mass is 10.1. The van der Waals surface area contributed by atoms with Gasteiger partial charge in [-0.05, 0) is 24.6 Å². The van der Waals surface area contributed by atoms with E-state index in [2.05, 4.69) is 17.2 Å². The molecule has 1 aromatic heterocycles. The molecule has 0 saturated heterocycles. The third kappa shape index (κ3) is 2.74. The molecule has 0 bridgehead atoms. The Bertz CT molecular complexity index is 735. The van der Waals surface area contributed by atoms with Gasteiger partial charge in [0.1, 0.15) is 5.75 Å². The Labute approximate surface area is 123 Å². The highest BCUT2D eigenvalue weighted by molar-refractivity contribution is 5.63. The molecule has 0 aliphatic carbocycles. The summed E-state index contributed by atoms with van der Waals surface area (Å²) in [7, 11) is 0. The highest BCUT2D eigenvalue weighted by atomic mass is 16.5. The van der Waals surface area contributed by atoms with Gasteiger partial charge in [0.15, 0.2) is 0 Å². The molecule has 106 valence electrons. The van der Waals surface area contributed by atoms with Gasteiger partial charge in [0, 0.05) is 17.8 Å². The van der Waals surface area contributed by atoms with Crippen LogP contribution in [0.15, 0.2) is 60.9 Å². The normalized spacial score (nSPS) is 10.5. The van der Waals surface area contributed by atoms with E-state index in [4.69, 9.17) is 10.5 Å². The van der Waals surface area contributed by atoms with Gasteiger partial charge in [0.25, 0.3) is 0 Å². The number of nitrogen functional groups attached to an aromatic ring is 1. The lowest BCUT2D eigenvalue weighted by Gasteiger charge is -2.09. The minimum Gasteiger partial charge on any atom is -0.492 e. The zero-order valence-corrected chi connectivity index (χ0v) is 11.9. The van der Waals surface area contributed by atoms with Crippen LogP contribution in [0.1, 0.15) is 6.92 Å². The predicted molar refractivity (Wildman–Crippen MR) is 84.6 cm³/mol. The summed E-state index contributed by atoms with van der Waals surface area (Å²) >= 11 is 0. The number of anilines is 1. The summed E-state index contributed by atoms with van der Waals surface area (Å²) in [6.07, 6.45) is 3.85. The Hall–Kier alpha value is -2.75. The summed E-state index contributed by atoms with van der Waals surface area (Å²) in [4.78, 5) is 0. The first kappa shape index (κ1) is 13.2. The Morgan fingerprint density at radius 1 is 1.10 bits per heavy atom. The van der Waals surface area contributed by atoms with Crippen LogP contribution in [0.3, 0.4) is 0 Å². The molecule has 0 atom stereocenters. The SMILES string of the molecule is CCOc1cc(-n2cc(-c3ccccc3)cn2)ccc1N. The Morgan fingerprint density at radius 2 is 1.90 bits per heavy atom. The van der Waals surface area contributed by atoms with E-state index in [1.54, 1.807) is 0 Å². The molecule has 0 unspecified atom stereocenters. The molecular weight excluding hydrogens is 262 g/mol. The Kier molecular flexibility index (Phi) is 3.60. The number of hydrogen-bond donors (Lipinski definition) is 1. The minimum absolute atomic E-state index is 0.585. The van der Waals surface area contributed by atoms with Crippen molar-refractivity contribution in [3.63, 3.8) is 0 Å². The maximum Gasteiger partial charge on any atom is 0.144 e. The molecule has 21 heavy (non-hydrogen) atoms. The molecule has 0 saturated carbocycles. The number of aromatic nitrogens is 2. The van der Waals surface area contributed by atoms with E-state index in [1.165, 1.54) is 0 Å². The largest absolute Gasteiger partial charge is 0.492 e. The molecule has 0 aliphatic rings. The van der Waals surface area contributed by atoms with Crippen molar-refractivity contribution >= 4 is 5.69 Å². The van der Waals surface area contributed by atoms with Gasteiger partial charge in [-0.25, -0.2) is 4.68 Å². The summed E-state index contributed by atoms with van der Waals surface area (Å²) in [5.41, 5.74) is 9.67. The first-order valence-electron chi connectivity index (χ1n) is 6.90. The summed E-state index contributed by atoms with van der Waals surface area (Å²) in [6.45, 7) is 2.52. The highest BCUT2D eigenvalue weighted by Crippen LogP contribution is 2.26. The van der Waals surface area contributed by atoms with Crippen molar-refractivity contribution in [2.75, 3.05) is 12.3 Å². The second-order valence-electron chi connectivity index (χ2n) is 4.69. The summed E-state index contributed by atoms with van der Waals surface area (Å²) in [6, 6.07) is 15.8. The second-order valence-corrected chi connectivity index (χ2v) is 4.69. The van der Waals surface area contributed by atoms with E-state index in [1.807, 2.05) is 60.4 Å². The van der Waals surface area contributed by atoms with Gasteiger partial charge in [-0.3, -0.25) is 0 Å². The lowest BCUT2D eigenvalue weighted by Crippen LogP contribution is -2.00. The van der Waals surface area contributed by atoms with Crippen LogP contribution in [-0.4, -0.2) is 16.4 Å². The van der Waals surface area contributed by atoms with Crippen molar-refractivity contribution in [2.45, 2.75) is 6.92 Å². The van der Waals surface area contributed by atoms with Crippen molar-refractivity contribution in [3.8, 4) is 22.6 Å². The third-order valence-corrected chi connectivity index (χ3v) is 3.25. The van der Waals surface area contributed by atoms with Crippen LogP contribution in [0, 0.1) is 0 Å². The number of ether oxygens (including phenoxy) is 1. The fourth-order valence-electron chi connectivity index (χ4n) is 2.19. The van der Waals surface area contributed by atoms with Crippen LogP contribution < -0.4 is 10.5 Å². The number of nitrogens with two attached hydrogens (primary N) is 1. The van der Waals surface area contributed by atoms with E-state index in [0.29, 0.717) is 18.0 Å². The molecule has 2 N–H and O–H groups in total. The maximum absolute atomic E-state index is 5.90. The van der Waals surface area contributed by atoms with Gasteiger partial charge in [-0.2, -0.15) is 5.10 Å². The predicted octanol–water partition coefficient (Wildman–Crippen LogP) is 3.52. The highest BCUT2D eigenvalue weighted by Gasteiger charge is 2.06. The standard InChI is InChI=1S/C17H17N3O/c1-2-21-17-10-15(8-9-16(17)18)20-12-14(11-19-20)13-6-4-3-5-7-13/h3-12H,2,18H2,1H3. The van der Waals surface area contributed by atoms with Crippen LogP contribution in [0.4, 0.5) is 5.69 Å². The summed E-state index contributed by atoms with van der Waals surface area (Å²) < 4.78 is 7.35. The second kappa shape index (κ2) is 5.71. The fraction of sp³-hybridized carbons (Fsp3) is 0.118. The van der Waals surface area contributed by atoms with Crippen LogP contribution in [0.5, 0.6) is 5.75 Å². The molecule has 2 aromatic carbocycles. The smallest absolute Gasteiger partial charge is 0.144 e.